The van der Waals surface area contributed by atoms with Crippen LogP contribution in [0.25, 0.3) is 10.8 Å². The van der Waals surface area contributed by atoms with E-state index in [1.54, 1.807) is 23.3 Å². The normalized spacial score (nSPS) is 10.8. The number of aromatic nitrogens is 3. The Morgan fingerprint density at radius 3 is 2.63 bits per heavy atom. The van der Waals surface area contributed by atoms with E-state index in [9.17, 15) is 4.79 Å². The molecule has 4 nitrogen and oxygen atoms in total. The first kappa shape index (κ1) is 11.6. The first-order valence-electron chi connectivity index (χ1n) is 6.04. The van der Waals surface area contributed by atoms with Crippen molar-refractivity contribution in [1.29, 1.82) is 0 Å². The van der Waals surface area contributed by atoms with Crippen LogP contribution in [0.1, 0.15) is 21.6 Å². The van der Waals surface area contributed by atoms with E-state index in [1.807, 2.05) is 38.2 Å². The van der Waals surface area contributed by atoms with E-state index >= 15 is 0 Å². The summed E-state index contributed by atoms with van der Waals surface area (Å²) < 4.78 is 1.70. The number of rotatable bonds is 2. The molecule has 2 aromatic heterocycles. The third-order valence-electron chi connectivity index (χ3n) is 3.39. The Morgan fingerprint density at radius 1 is 1.11 bits per heavy atom. The van der Waals surface area contributed by atoms with Crippen molar-refractivity contribution in [2.45, 2.75) is 6.92 Å². The van der Waals surface area contributed by atoms with Crippen molar-refractivity contribution in [1.82, 2.24) is 14.8 Å². The SMILES string of the molecule is Cc1c(C(=O)c2cncc3ccccc23)cnn1C. The fraction of sp³-hybridized carbons (Fsp3) is 0.133. The molecule has 0 saturated carbocycles. The number of hydrogen-bond donors (Lipinski definition) is 0. The Balaban J connectivity index is 2.20. The molecule has 4 heteroatoms. The summed E-state index contributed by atoms with van der Waals surface area (Å²) in [6.45, 7) is 1.89. The third kappa shape index (κ3) is 1.81. The van der Waals surface area contributed by atoms with Crippen LogP contribution in [-0.2, 0) is 7.05 Å². The topological polar surface area (TPSA) is 47.8 Å². The van der Waals surface area contributed by atoms with Gasteiger partial charge in [0.25, 0.3) is 0 Å². The molecule has 3 aromatic rings. The molecule has 0 saturated heterocycles. The zero-order valence-corrected chi connectivity index (χ0v) is 10.8. The van der Waals surface area contributed by atoms with E-state index in [0.717, 1.165) is 16.5 Å². The highest BCUT2D eigenvalue weighted by atomic mass is 16.1. The Bertz CT molecular complexity index is 769. The van der Waals surface area contributed by atoms with E-state index in [2.05, 4.69) is 10.1 Å². The van der Waals surface area contributed by atoms with Crippen LogP contribution in [0.15, 0.2) is 42.9 Å². The predicted octanol–water partition coefficient (Wildman–Crippen LogP) is 2.51. The Kier molecular flexibility index (Phi) is 2.63. The molecule has 0 atom stereocenters. The Morgan fingerprint density at radius 2 is 1.89 bits per heavy atom. The predicted molar refractivity (Wildman–Crippen MR) is 73.1 cm³/mol. The lowest BCUT2D eigenvalue weighted by atomic mass is 10.0. The molecule has 19 heavy (non-hydrogen) atoms. The molecule has 3 rings (SSSR count). The highest BCUT2D eigenvalue weighted by Gasteiger charge is 2.17. The summed E-state index contributed by atoms with van der Waals surface area (Å²) in [5.74, 6) is -0.0325. The lowest BCUT2D eigenvalue weighted by molar-refractivity contribution is 0.103. The first-order chi connectivity index (χ1) is 9.18. The second-order valence-corrected chi connectivity index (χ2v) is 4.50. The minimum atomic E-state index is -0.0325. The van der Waals surface area contributed by atoms with Crippen molar-refractivity contribution in [2.24, 2.45) is 7.05 Å². The number of benzene rings is 1. The molecule has 0 aliphatic rings. The molecule has 0 bridgehead atoms. The average Bonchev–Trinajstić information content (AvgIpc) is 2.78. The number of carbonyl (C=O) groups excluding carboxylic acids is 1. The van der Waals surface area contributed by atoms with E-state index < -0.39 is 0 Å². The number of ketones is 1. The number of hydrogen-bond acceptors (Lipinski definition) is 3. The maximum atomic E-state index is 12.6. The van der Waals surface area contributed by atoms with Crippen molar-refractivity contribution in [3.63, 3.8) is 0 Å². The van der Waals surface area contributed by atoms with Gasteiger partial charge in [0, 0.05) is 36.1 Å². The average molecular weight is 251 g/mol. The molecule has 1 aromatic carbocycles. The molecule has 94 valence electrons. The summed E-state index contributed by atoms with van der Waals surface area (Å²) in [5, 5.41) is 6.01. The van der Waals surface area contributed by atoms with Gasteiger partial charge in [0.05, 0.1) is 11.8 Å². The van der Waals surface area contributed by atoms with Crippen LogP contribution in [0.5, 0.6) is 0 Å². The Hall–Kier alpha value is -2.49. The van der Waals surface area contributed by atoms with Gasteiger partial charge in [0.15, 0.2) is 5.78 Å². The van der Waals surface area contributed by atoms with Crippen molar-refractivity contribution >= 4 is 16.6 Å². The van der Waals surface area contributed by atoms with Gasteiger partial charge in [-0.15, -0.1) is 0 Å². The van der Waals surface area contributed by atoms with Gasteiger partial charge in [-0.1, -0.05) is 24.3 Å². The second-order valence-electron chi connectivity index (χ2n) is 4.50. The number of aryl methyl sites for hydroxylation is 1. The van der Waals surface area contributed by atoms with E-state index in [-0.39, 0.29) is 5.78 Å². The minimum Gasteiger partial charge on any atom is -0.288 e. The summed E-state index contributed by atoms with van der Waals surface area (Å²) >= 11 is 0. The Labute approximate surface area is 110 Å². The van der Waals surface area contributed by atoms with E-state index in [4.69, 9.17) is 0 Å². The number of nitrogens with zero attached hydrogens (tertiary/aromatic N) is 3. The summed E-state index contributed by atoms with van der Waals surface area (Å²) in [6, 6.07) is 7.76. The zero-order valence-electron chi connectivity index (χ0n) is 10.8. The highest BCUT2D eigenvalue weighted by Crippen LogP contribution is 2.21. The summed E-state index contributed by atoms with van der Waals surface area (Å²) in [4.78, 5) is 16.7. The van der Waals surface area contributed by atoms with Crippen LogP contribution in [0.2, 0.25) is 0 Å². The maximum Gasteiger partial charge on any atom is 0.198 e. The fourth-order valence-electron chi connectivity index (χ4n) is 2.16. The quantitative estimate of drug-likeness (QED) is 0.657. The molecule has 0 aliphatic carbocycles. The van der Waals surface area contributed by atoms with Crippen molar-refractivity contribution < 1.29 is 4.79 Å². The summed E-state index contributed by atoms with van der Waals surface area (Å²) in [6.07, 6.45) is 5.00. The largest absolute Gasteiger partial charge is 0.288 e. The molecular weight excluding hydrogens is 238 g/mol. The van der Waals surface area contributed by atoms with Gasteiger partial charge in [-0.2, -0.15) is 5.10 Å². The van der Waals surface area contributed by atoms with Gasteiger partial charge in [0.2, 0.25) is 0 Å². The molecule has 2 heterocycles. The van der Waals surface area contributed by atoms with Gasteiger partial charge in [-0.05, 0) is 12.3 Å². The van der Waals surface area contributed by atoms with E-state index in [1.165, 1.54) is 0 Å². The lowest BCUT2D eigenvalue weighted by Crippen LogP contribution is -2.05. The van der Waals surface area contributed by atoms with Crippen LogP contribution in [0, 0.1) is 6.92 Å². The summed E-state index contributed by atoms with van der Waals surface area (Å²) in [5.41, 5.74) is 2.10. The van der Waals surface area contributed by atoms with Gasteiger partial charge < -0.3 is 0 Å². The number of fused-ring (bicyclic) bond motifs is 1. The molecule has 0 radical (unpaired) electrons. The van der Waals surface area contributed by atoms with Gasteiger partial charge >= 0.3 is 0 Å². The highest BCUT2D eigenvalue weighted by molar-refractivity contribution is 6.16. The standard InChI is InChI=1S/C15H13N3O/c1-10-13(9-17-18(10)2)15(19)14-8-16-7-11-5-3-4-6-12(11)14/h3-9H,1-2H3. The molecule has 0 amide bonds. The van der Waals surface area contributed by atoms with Gasteiger partial charge in [-0.3, -0.25) is 14.5 Å². The second kappa shape index (κ2) is 4.31. The van der Waals surface area contributed by atoms with E-state index in [0.29, 0.717) is 11.1 Å². The van der Waals surface area contributed by atoms with Crippen molar-refractivity contribution in [3.05, 3.63) is 59.7 Å². The smallest absolute Gasteiger partial charge is 0.198 e. The number of carbonyl (C=O) groups is 1. The number of pyridine rings is 1. The molecule has 0 unspecified atom stereocenters. The van der Waals surface area contributed by atoms with Gasteiger partial charge in [0.1, 0.15) is 0 Å². The van der Waals surface area contributed by atoms with Crippen LogP contribution in [0.3, 0.4) is 0 Å². The summed E-state index contributed by atoms with van der Waals surface area (Å²) in [7, 11) is 1.83. The molecule has 0 aliphatic heterocycles. The van der Waals surface area contributed by atoms with Crippen LogP contribution >= 0.6 is 0 Å². The van der Waals surface area contributed by atoms with Crippen LogP contribution < -0.4 is 0 Å². The minimum absolute atomic E-state index is 0.0325. The molecule has 0 spiro atoms. The molecule has 0 fully saturated rings. The van der Waals surface area contributed by atoms with Crippen molar-refractivity contribution in [2.75, 3.05) is 0 Å². The molecule has 0 N–H and O–H groups in total. The fourth-order valence-corrected chi connectivity index (χ4v) is 2.16. The lowest BCUT2D eigenvalue weighted by Gasteiger charge is -2.04. The van der Waals surface area contributed by atoms with Gasteiger partial charge in [-0.25, -0.2) is 0 Å². The van der Waals surface area contributed by atoms with Crippen molar-refractivity contribution in [3.8, 4) is 0 Å². The van der Waals surface area contributed by atoms with Crippen LogP contribution in [0.4, 0.5) is 0 Å². The maximum absolute atomic E-state index is 12.6. The third-order valence-corrected chi connectivity index (χ3v) is 3.39. The monoisotopic (exact) mass is 251 g/mol. The molecular formula is C15H13N3O. The first-order valence-corrected chi connectivity index (χ1v) is 6.04. The zero-order chi connectivity index (χ0) is 13.4. The van der Waals surface area contributed by atoms with Crippen LogP contribution in [-0.4, -0.2) is 20.5 Å².